The average Bonchev–Trinajstić information content (AvgIpc) is 2.41. The van der Waals surface area contributed by atoms with E-state index in [0.29, 0.717) is 17.5 Å². The lowest BCUT2D eigenvalue weighted by Gasteiger charge is -2.12. The van der Waals surface area contributed by atoms with Crippen LogP contribution in [0.15, 0.2) is 24.3 Å². The van der Waals surface area contributed by atoms with Crippen molar-refractivity contribution in [3.63, 3.8) is 0 Å². The first-order chi connectivity index (χ1) is 9.49. The Balaban J connectivity index is 2.34. The van der Waals surface area contributed by atoms with E-state index in [1.807, 2.05) is 13.8 Å². The molecule has 0 spiro atoms. The van der Waals surface area contributed by atoms with Crippen molar-refractivity contribution in [1.82, 2.24) is 9.97 Å². The van der Waals surface area contributed by atoms with Crippen LogP contribution in [0.4, 0.5) is 21.7 Å². The summed E-state index contributed by atoms with van der Waals surface area (Å²) in [5.41, 5.74) is 3.30. The molecular formula is C13H15FIN5. The molecule has 0 fully saturated rings. The molecule has 7 heteroatoms. The van der Waals surface area contributed by atoms with Gasteiger partial charge in [0.1, 0.15) is 23.3 Å². The Morgan fingerprint density at radius 3 is 2.50 bits per heavy atom. The number of anilines is 3. The second-order valence-corrected chi connectivity index (χ2v) is 5.71. The van der Waals surface area contributed by atoms with Crippen molar-refractivity contribution in [2.75, 3.05) is 10.7 Å². The molecule has 1 heterocycles. The minimum absolute atomic E-state index is 0.177. The lowest BCUT2D eigenvalue weighted by Crippen LogP contribution is -2.12. The molecule has 1 aromatic heterocycles. The Hall–Kier alpha value is -1.48. The van der Waals surface area contributed by atoms with E-state index in [9.17, 15) is 4.39 Å². The molecule has 2 rings (SSSR count). The smallest absolute Gasteiger partial charge is 0.145 e. The summed E-state index contributed by atoms with van der Waals surface area (Å²) in [5, 5.41) is 3.15. The molecule has 2 aromatic rings. The van der Waals surface area contributed by atoms with Gasteiger partial charge in [-0.05, 0) is 40.8 Å². The molecule has 5 nitrogen and oxygen atoms in total. The van der Waals surface area contributed by atoms with Gasteiger partial charge in [-0.3, -0.25) is 0 Å². The Kier molecular flexibility index (Phi) is 4.71. The van der Waals surface area contributed by atoms with Crippen molar-refractivity contribution in [2.24, 2.45) is 5.84 Å². The Labute approximate surface area is 130 Å². The van der Waals surface area contributed by atoms with Gasteiger partial charge in [-0.2, -0.15) is 0 Å². The van der Waals surface area contributed by atoms with Crippen LogP contribution < -0.4 is 16.6 Å². The number of hydrogen-bond donors (Lipinski definition) is 3. The van der Waals surface area contributed by atoms with Crippen LogP contribution in [0, 0.1) is 9.39 Å². The van der Waals surface area contributed by atoms with Crippen molar-refractivity contribution in [3.8, 4) is 0 Å². The summed E-state index contributed by atoms with van der Waals surface area (Å²) in [6.45, 7) is 4.00. The standard InChI is InChI=1S/C13H15FIN5/c1-7(2)13-18-11(6-12(19-13)20-16)17-10-4-3-8(14)5-9(10)15/h3-7H,16H2,1-2H3,(H2,17,18,19,20). The number of nitrogens with two attached hydrogens (primary N) is 1. The van der Waals surface area contributed by atoms with Crippen LogP contribution in [0.2, 0.25) is 0 Å². The topological polar surface area (TPSA) is 75.9 Å². The van der Waals surface area contributed by atoms with Gasteiger partial charge in [0.15, 0.2) is 0 Å². The minimum atomic E-state index is -0.269. The van der Waals surface area contributed by atoms with Gasteiger partial charge in [0.05, 0.1) is 5.69 Å². The summed E-state index contributed by atoms with van der Waals surface area (Å²) < 4.78 is 13.9. The van der Waals surface area contributed by atoms with Crippen LogP contribution in [0.1, 0.15) is 25.6 Å². The van der Waals surface area contributed by atoms with E-state index in [-0.39, 0.29) is 11.7 Å². The highest BCUT2D eigenvalue weighted by molar-refractivity contribution is 14.1. The number of aromatic nitrogens is 2. The van der Waals surface area contributed by atoms with Crippen molar-refractivity contribution in [3.05, 3.63) is 39.5 Å². The van der Waals surface area contributed by atoms with Crippen LogP contribution in [-0.4, -0.2) is 9.97 Å². The van der Waals surface area contributed by atoms with Crippen LogP contribution in [0.5, 0.6) is 0 Å². The maximum atomic E-state index is 13.1. The summed E-state index contributed by atoms with van der Waals surface area (Å²) in [4.78, 5) is 8.71. The van der Waals surface area contributed by atoms with Gasteiger partial charge in [-0.15, -0.1) is 0 Å². The van der Waals surface area contributed by atoms with E-state index in [1.165, 1.54) is 12.1 Å². The van der Waals surface area contributed by atoms with Gasteiger partial charge >= 0.3 is 0 Å². The number of rotatable bonds is 4. The number of nitrogen functional groups attached to an aromatic ring is 1. The second kappa shape index (κ2) is 6.31. The molecule has 1 aromatic carbocycles. The average molecular weight is 387 g/mol. The fourth-order valence-corrected chi connectivity index (χ4v) is 2.20. The van der Waals surface area contributed by atoms with Gasteiger partial charge in [-0.25, -0.2) is 20.2 Å². The number of benzene rings is 1. The molecule has 0 aliphatic heterocycles. The SMILES string of the molecule is CC(C)c1nc(NN)cc(Nc2ccc(F)cc2I)n1. The monoisotopic (exact) mass is 387 g/mol. The molecule has 20 heavy (non-hydrogen) atoms. The van der Waals surface area contributed by atoms with Gasteiger partial charge in [0, 0.05) is 15.6 Å². The summed E-state index contributed by atoms with van der Waals surface area (Å²) in [7, 11) is 0. The van der Waals surface area contributed by atoms with Gasteiger partial charge < -0.3 is 10.7 Å². The van der Waals surface area contributed by atoms with Crippen molar-refractivity contribution < 1.29 is 4.39 Å². The fourth-order valence-electron chi connectivity index (χ4n) is 1.59. The number of nitrogens with one attached hydrogen (secondary N) is 2. The lowest BCUT2D eigenvalue weighted by molar-refractivity contribution is 0.627. The van der Waals surface area contributed by atoms with Gasteiger partial charge in [0.2, 0.25) is 0 Å². The van der Waals surface area contributed by atoms with Crippen molar-refractivity contribution in [2.45, 2.75) is 19.8 Å². The van der Waals surface area contributed by atoms with Gasteiger partial charge in [0.25, 0.3) is 0 Å². The third-order valence-corrected chi connectivity index (χ3v) is 3.49. The minimum Gasteiger partial charge on any atom is -0.339 e. The first-order valence-corrected chi connectivity index (χ1v) is 7.15. The summed E-state index contributed by atoms with van der Waals surface area (Å²) >= 11 is 2.07. The Morgan fingerprint density at radius 2 is 1.90 bits per heavy atom. The van der Waals surface area contributed by atoms with E-state index in [0.717, 1.165) is 9.26 Å². The summed E-state index contributed by atoms with van der Waals surface area (Å²) in [6.07, 6.45) is 0. The molecule has 0 unspecified atom stereocenters. The third kappa shape index (κ3) is 3.54. The van der Waals surface area contributed by atoms with E-state index in [4.69, 9.17) is 5.84 Å². The molecule has 0 aliphatic carbocycles. The Bertz CT molecular complexity index is 618. The molecule has 4 N–H and O–H groups in total. The zero-order valence-electron chi connectivity index (χ0n) is 11.1. The molecule has 0 radical (unpaired) electrons. The van der Waals surface area contributed by atoms with Crippen molar-refractivity contribution >= 4 is 39.9 Å². The zero-order valence-corrected chi connectivity index (χ0v) is 13.3. The van der Waals surface area contributed by atoms with Crippen LogP contribution >= 0.6 is 22.6 Å². The molecule has 0 saturated carbocycles. The van der Waals surface area contributed by atoms with E-state index < -0.39 is 0 Å². The molecule has 0 bridgehead atoms. The molecule has 0 atom stereocenters. The Morgan fingerprint density at radius 1 is 1.20 bits per heavy atom. The van der Waals surface area contributed by atoms with E-state index >= 15 is 0 Å². The molecule has 0 aliphatic rings. The second-order valence-electron chi connectivity index (χ2n) is 4.54. The highest BCUT2D eigenvalue weighted by Crippen LogP contribution is 2.24. The largest absolute Gasteiger partial charge is 0.339 e. The van der Waals surface area contributed by atoms with Crippen molar-refractivity contribution in [1.29, 1.82) is 0 Å². The number of hydrazine groups is 1. The molecule has 0 amide bonds. The van der Waals surface area contributed by atoms with Crippen LogP contribution in [0.3, 0.4) is 0 Å². The molecular weight excluding hydrogens is 372 g/mol. The third-order valence-electron chi connectivity index (χ3n) is 2.60. The number of halogens is 2. The highest BCUT2D eigenvalue weighted by Gasteiger charge is 2.09. The maximum absolute atomic E-state index is 13.1. The fraction of sp³-hybridized carbons (Fsp3) is 0.231. The van der Waals surface area contributed by atoms with E-state index in [1.54, 1.807) is 12.1 Å². The quantitative estimate of drug-likeness (QED) is 0.426. The lowest BCUT2D eigenvalue weighted by atomic mass is 10.2. The predicted molar refractivity (Wildman–Crippen MR) is 86.3 cm³/mol. The van der Waals surface area contributed by atoms with Crippen LogP contribution in [-0.2, 0) is 0 Å². The zero-order chi connectivity index (χ0) is 14.7. The molecule has 106 valence electrons. The first kappa shape index (κ1) is 14.9. The normalized spacial score (nSPS) is 10.7. The van der Waals surface area contributed by atoms with Crippen LogP contribution in [0.25, 0.3) is 0 Å². The number of hydrogen-bond acceptors (Lipinski definition) is 5. The van der Waals surface area contributed by atoms with Gasteiger partial charge in [-0.1, -0.05) is 13.8 Å². The summed E-state index contributed by atoms with van der Waals surface area (Å²) in [6, 6.07) is 6.22. The van der Waals surface area contributed by atoms with E-state index in [2.05, 4.69) is 43.3 Å². The highest BCUT2D eigenvalue weighted by atomic mass is 127. The maximum Gasteiger partial charge on any atom is 0.145 e. The summed E-state index contributed by atoms with van der Waals surface area (Å²) in [5.74, 6) is 7.14. The number of nitrogens with zero attached hydrogens (tertiary/aromatic N) is 2. The molecule has 0 saturated heterocycles. The first-order valence-electron chi connectivity index (χ1n) is 6.07. The predicted octanol–water partition coefficient (Wildman–Crippen LogP) is 3.37.